The molecule has 0 spiro atoms. The highest BCUT2D eigenvalue weighted by atomic mass is 32.2. The van der Waals surface area contributed by atoms with Gasteiger partial charge in [-0.05, 0) is 82.5 Å². The van der Waals surface area contributed by atoms with Gasteiger partial charge < -0.3 is 14.2 Å². The van der Waals surface area contributed by atoms with Gasteiger partial charge in [0.1, 0.15) is 18.8 Å². The third-order valence-electron chi connectivity index (χ3n) is 7.72. The average molecular weight is 467 g/mol. The van der Waals surface area contributed by atoms with Gasteiger partial charge in [0, 0.05) is 0 Å². The van der Waals surface area contributed by atoms with Crippen LogP contribution in [0.5, 0.6) is 0 Å². The highest BCUT2D eigenvalue weighted by Crippen LogP contribution is 2.58. The maximum absolute atomic E-state index is 13.6. The van der Waals surface area contributed by atoms with Crippen LogP contribution >= 0.6 is 0 Å². The Balaban J connectivity index is 1.33. The molecule has 5 rings (SSSR count). The lowest BCUT2D eigenvalue weighted by Crippen LogP contribution is -2.59. The summed E-state index contributed by atoms with van der Waals surface area (Å²) < 4.78 is 74.9. The SMILES string of the molecule is CC1(OC(=O)COC23CC4CC(C2)C(OCC(F)(F)S(=O)(=O)O)C(C4)C3)CCCCC1. The molecule has 2 unspecified atom stereocenters. The van der Waals surface area contributed by atoms with Crippen LogP contribution in [-0.2, 0) is 29.1 Å². The minimum atomic E-state index is -5.51. The minimum absolute atomic E-state index is 0.0321. The molecule has 5 fully saturated rings. The van der Waals surface area contributed by atoms with Gasteiger partial charge in [0.25, 0.3) is 0 Å². The molecule has 5 saturated carbocycles. The van der Waals surface area contributed by atoms with Crippen molar-refractivity contribution in [2.45, 2.75) is 93.7 Å². The molecular formula is C21H32F2O7S. The topological polar surface area (TPSA) is 99.1 Å². The van der Waals surface area contributed by atoms with E-state index in [1.165, 1.54) is 0 Å². The number of hydrogen-bond donors (Lipinski definition) is 1. The largest absolute Gasteiger partial charge is 0.458 e. The smallest absolute Gasteiger partial charge is 0.392 e. The van der Waals surface area contributed by atoms with Crippen LogP contribution in [0.25, 0.3) is 0 Å². The quantitative estimate of drug-likeness (QED) is 0.430. The molecule has 10 heteroatoms. The Morgan fingerprint density at radius 2 is 1.71 bits per heavy atom. The van der Waals surface area contributed by atoms with E-state index < -0.39 is 39.3 Å². The summed E-state index contributed by atoms with van der Waals surface area (Å²) in [5.41, 5.74) is -0.897. The fourth-order valence-corrected chi connectivity index (χ4v) is 6.75. The zero-order valence-electron chi connectivity index (χ0n) is 17.9. The zero-order valence-corrected chi connectivity index (χ0v) is 18.7. The first-order valence-corrected chi connectivity index (χ1v) is 12.7. The first-order chi connectivity index (χ1) is 14.4. The van der Waals surface area contributed by atoms with E-state index in [4.69, 9.17) is 18.8 Å². The van der Waals surface area contributed by atoms with Crippen LogP contribution < -0.4 is 0 Å². The molecule has 0 saturated heterocycles. The Kier molecular flexibility index (Phi) is 6.16. The molecule has 4 bridgehead atoms. The molecule has 0 aromatic rings. The van der Waals surface area contributed by atoms with Crippen molar-refractivity contribution in [3.8, 4) is 0 Å². The van der Waals surface area contributed by atoms with Crippen molar-refractivity contribution in [2.24, 2.45) is 17.8 Å². The third-order valence-corrected chi connectivity index (χ3v) is 8.59. The van der Waals surface area contributed by atoms with Crippen LogP contribution in [-0.4, -0.2) is 54.7 Å². The van der Waals surface area contributed by atoms with E-state index >= 15 is 0 Å². The lowest BCUT2D eigenvalue weighted by atomic mass is 9.53. The number of esters is 1. The van der Waals surface area contributed by atoms with Crippen LogP contribution in [0.15, 0.2) is 0 Å². The lowest BCUT2D eigenvalue weighted by Gasteiger charge is -2.59. The van der Waals surface area contributed by atoms with E-state index in [1.54, 1.807) is 0 Å². The molecule has 0 aliphatic heterocycles. The zero-order chi connectivity index (χ0) is 22.5. The van der Waals surface area contributed by atoms with Crippen molar-refractivity contribution in [1.82, 2.24) is 0 Å². The predicted octanol–water partition coefficient (Wildman–Crippen LogP) is 3.71. The number of hydrogen-bond acceptors (Lipinski definition) is 6. The Morgan fingerprint density at radius 1 is 1.10 bits per heavy atom. The minimum Gasteiger partial charge on any atom is -0.458 e. The Bertz CT molecular complexity index is 778. The van der Waals surface area contributed by atoms with Gasteiger partial charge in [-0.3, -0.25) is 4.55 Å². The van der Waals surface area contributed by atoms with Crippen LogP contribution in [0, 0.1) is 17.8 Å². The summed E-state index contributed by atoms with van der Waals surface area (Å²) in [6.07, 6.45) is 8.14. The summed E-state index contributed by atoms with van der Waals surface area (Å²) in [4.78, 5) is 12.4. The van der Waals surface area contributed by atoms with E-state index in [0.29, 0.717) is 18.8 Å². The van der Waals surface area contributed by atoms with Gasteiger partial charge in [-0.15, -0.1) is 0 Å². The summed E-state index contributed by atoms with van der Waals surface area (Å²) in [7, 11) is -5.51. The Morgan fingerprint density at radius 3 is 2.29 bits per heavy atom. The second-order valence-electron chi connectivity index (χ2n) is 10.3. The number of halogens is 2. The predicted molar refractivity (Wildman–Crippen MR) is 106 cm³/mol. The van der Waals surface area contributed by atoms with E-state index in [-0.39, 0.29) is 24.4 Å². The van der Waals surface area contributed by atoms with Gasteiger partial charge in [-0.2, -0.15) is 17.2 Å². The number of carbonyl (C=O) groups excluding carboxylic acids is 1. The summed E-state index contributed by atoms with van der Waals surface area (Å²) in [5, 5.41) is -4.32. The standard InChI is InChI=1S/C21H32F2O7S/c1-19(5-3-2-4-6-19)30-17(24)12-29-20-9-14-7-15(10-20)18(16(8-14)11-20)28-13-21(22,23)31(25,26)27/h14-16,18H,2-13H2,1H3,(H,25,26,27). The molecule has 5 aliphatic rings. The molecule has 7 nitrogen and oxygen atoms in total. The Labute approximate surface area is 181 Å². The molecule has 31 heavy (non-hydrogen) atoms. The molecular weight excluding hydrogens is 434 g/mol. The number of rotatable bonds is 8. The second-order valence-corrected chi connectivity index (χ2v) is 11.9. The van der Waals surface area contributed by atoms with Gasteiger partial charge in [-0.1, -0.05) is 6.42 Å². The van der Waals surface area contributed by atoms with E-state index in [1.807, 2.05) is 6.92 Å². The van der Waals surface area contributed by atoms with Crippen molar-refractivity contribution < 1.29 is 40.8 Å². The van der Waals surface area contributed by atoms with Gasteiger partial charge in [0.2, 0.25) is 0 Å². The second kappa shape index (κ2) is 8.18. The van der Waals surface area contributed by atoms with Crippen molar-refractivity contribution in [1.29, 1.82) is 0 Å². The van der Waals surface area contributed by atoms with Crippen LogP contribution in [0.2, 0.25) is 0 Å². The van der Waals surface area contributed by atoms with Crippen molar-refractivity contribution in [3.63, 3.8) is 0 Å². The molecule has 5 aliphatic carbocycles. The summed E-state index contributed by atoms with van der Waals surface area (Å²) in [6, 6.07) is 0. The molecule has 0 amide bonds. The average Bonchev–Trinajstić information content (AvgIpc) is 2.65. The van der Waals surface area contributed by atoms with Crippen molar-refractivity contribution in [3.05, 3.63) is 0 Å². The maximum Gasteiger partial charge on any atom is 0.392 e. The number of carbonyl (C=O) groups is 1. The summed E-state index contributed by atoms with van der Waals surface area (Å²) in [6.45, 7) is 0.500. The Hall–Kier alpha value is -0.840. The normalized spacial score (nSPS) is 37.0. The highest BCUT2D eigenvalue weighted by Gasteiger charge is 2.57. The first-order valence-electron chi connectivity index (χ1n) is 11.2. The van der Waals surface area contributed by atoms with Crippen molar-refractivity contribution >= 4 is 16.1 Å². The van der Waals surface area contributed by atoms with Crippen LogP contribution in [0.4, 0.5) is 8.78 Å². The van der Waals surface area contributed by atoms with Crippen molar-refractivity contribution in [2.75, 3.05) is 13.2 Å². The third kappa shape index (κ3) is 4.91. The van der Waals surface area contributed by atoms with Crippen LogP contribution in [0.1, 0.15) is 71.1 Å². The molecule has 0 aromatic carbocycles. The lowest BCUT2D eigenvalue weighted by molar-refractivity contribution is -0.225. The number of alkyl halides is 2. The highest BCUT2D eigenvalue weighted by molar-refractivity contribution is 7.86. The van der Waals surface area contributed by atoms with E-state index in [0.717, 1.165) is 51.4 Å². The van der Waals surface area contributed by atoms with Gasteiger partial charge in [0.05, 0.1) is 11.7 Å². The monoisotopic (exact) mass is 466 g/mol. The summed E-state index contributed by atoms with van der Waals surface area (Å²) >= 11 is 0. The first kappa shape index (κ1) is 23.3. The van der Waals surface area contributed by atoms with E-state index in [9.17, 15) is 22.0 Å². The van der Waals surface area contributed by atoms with Gasteiger partial charge in [0.15, 0.2) is 0 Å². The van der Waals surface area contributed by atoms with E-state index in [2.05, 4.69) is 0 Å². The molecule has 178 valence electrons. The molecule has 1 N–H and O–H groups in total. The van der Waals surface area contributed by atoms with Crippen LogP contribution in [0.3, 0.4) is 0 Å². The van der Waals surface area contributed by atoms with Gasteiger partial charge in [-0.25, -0.2) is 4.79 Å². The number of ether oxygens (including phenoxy) is 3. The molecule has 0 heterocycles. The molecule has 0 aromatic heterocycles. The maximum atomic E-state index is 13.6. The fraction of sp³-hybridized carbons (Fsp3) is 0.952. The molecule has 0 radical (unpaired) electrons. The summed E-state index contributed by atoms with van der Waals surface area (Å²) in [5.74, 6) is -0.0438. The van der Waals surface area contributed by atoms with Gasteiger partial charge >= 0.3 is 21.3 Å². The molecule has 2 atom stereocenters. The fourth-order valence-electron chi connectivity index (χ4n) is 6.54.